The van der Waals surface area contributed by atoms with E-state index in [0.717, 1.165) is 45.3 Å². The Morgan fingerprint density at radius 3 is 2.14 bits per heavy atom. The summed E-state index contributed by atoms with van der Waals surface area (Å²) in [4.78, 5) is 30.1. The molecule has 0 aliphatic carbocycles. The maximum absolute atomic E-state index is 13.2. The van der Waals surface area contributed by atoms with E-state index >= 15 is 0 Å². The van der Waals surface area contributed by atoms with Crippen molar-refractivity contribution >= 4 is 11.8 Å². The molecule has 0 aromatic heterocycles. The first-order chi connectivity index (χ1) is 13.1. The Morgan fingerprint density at radius 1 is 0.893 bits per heavy atom. The zero-order valence-electron chi connectivity index (χ0n) is 19.4. The standard InChI is InChI=1S/C24H44N2O2/c1-16(2)13-22-20(10-12-26(22)23(27)18(5)6)14-19(7)24(28)25-11-8-9-21(15-25)17(3)4/h16-22H,8-15H2,1-7H3/t19-,20?,21?,22?/m0/s1. The van der Waals surface area contributed by atoms with E-state index in [1.807, 2.05) is 13.8 Å². The molecule has 0 N–H and O–H groups in total. The van der Waals surface area contributed by atoms with Gasteiger partial charge in [-0.2, -0.15) is 0 Å². The highest BCUT2D eigenvalue weighted by Crippen LogP contribution is 2.35. The van der Waals surface area contributed by atoms with Crippen LogP contribution in [-0.4, -0.2) is 47.3 Å². The molecule has 28 heavy (non-hydrogen) atoms. The lowest BCUT2D eigenvalue weighted by atomic mass is 9.84. The SMILES string of the molecule is CC(C)CC1C(C[C@H](C)C(=O)N2CCCC(C(C)C)C2)CCN1C(=O)C(C)C. The maximum Gasteiger partial charge on any atom is 0.225 e. The van der Waals surface area contributed by atoms with Crippen molar-refractivity contribution in [2.75, 3.05) is 19.6 Å². The Kier molecular flexibility index (Phi) is 8.39. The molecule has 0 aromatic carbocycles. The van der Waals surface area contributed by atoms with Gasteiger partial charge in [0.15, 0.2) is 0 Å². The van der Waals surface area contributed by atoms with Crippen LogP contribution in [0.3, 0.4) is 0 Å². The van der Waals surface area contributed by atoms with Crippen LogP contribution in [0.25, 0.3) is 0 Å². The normalized spacial score (nSPS) is 27.1. The second kappa shape index (κ2) is 10.1. The first kappa shape index (κ1) is 23.2. The molecule has 2 aliphatic rings. The van der Waals surface area contributed by atoms with Crippen molar-refractivity contribution < 1.29 is 9.59 Å². The minimum absolute atomic E-state index is 0.0498. The van der Waals surface area contributed by atoms with Gasteiger partial charge in [-0.25, -0.2) is 0 Å². The molecule has 0 bridgehead atoms. The summed E-state index contributed by atoms with van der Waals surface area (Å²) >= 11 is 0. The summed E-state index contributed by atoms with van der Waals surface area (Å²) < 4.78 is 0. The van der Waals surface area contributed by atoms with Gasteiger partial charge in [0.2, 0.25) is 11.8 Å². The van der Waals surface area contributed by atoms with Crippen LogP contribution in [-0.2, 0) is 9.59 Å². The zero-order valence-corrected chi connectivity index (χ0v) is 19.4. The van der Waals surface area contributed by atoms with Crippen LogP contribution in [0, 0.1) is 35.5 Å². The first-order valence-electron chi connectivity index (χ1n) is 11.7. The quantitative estimate of drug-likeness (QED) is 0.623. The number of carbonyl (C=O) groups excluding carboxylic acids is 2. The molecule has 4 nitrogen and oxygen atoms in total. The molecular weight excluding hydrogens is 348 g/mol. The fourth-order valence-corrected chi connectivity index (χ4v) is 5.22. The van der Waals surface area contributed by atoms with Crippen molar-refractivity contribution in [3.05, 3.63) is 0 Å². The lowest BCUT2D eigenvalue weighted by Crippen LogP contribution is -2.45. The lowest BCUT2D eigenvalue weighted by molar-refractivity contribution is -0.138. The Hall–Kier alpha value is -1.06. The molecule has 4 heteroatoms. The summed E-state index contributed by atoms with van der Waals surface area (Å²) in [7, 11) is 0. The highest BCUT2D eigenvalue weighted by Gasteiger charge is 2.39. The van der Waals surface area contributed by atoms with E-state index in [2.05, 4.69) is 44.4 Å². The van der Waals surface area contributed by atoms with Crippen molar-refractivity contribution in [3.63, 3.8) is 0 Å². The number of amides is 2. The average Bonchev–Trinajstić information content (AvgIpc) is 3.01. The van der Waals surface area contributed by atoms with Crippen LogP contribution >= 0.6 is 0 Å². The minimum atomic E-state index is 0.0498. The number of rotatable bonds is 7. The van der Waals surface area contributed by atoms with Gasteiger partial charge in [-0.3, -0.25) is 9.59 Å². The monoisotopic (exact) mass is 392 g/mol. The Labute approximate surface area is 173 Å². The fourth-order valence-electron chi connectivity index (χ4n) is 5.22. The molecule has 162 valence electrons. The summed E-state index contributed by atoms with van der Waals surface area (Å²) in [5, 5.41) is 0. The molecule has 0 radical (unpaired) electrons. The van der Waals surface area contributed by atoms with Crippen LogP contribution in [0.2, 0.25) is 0 Å². The van der Waals surface area contributed by atoms with Crippen molar-refractivity contribution in [2.45, 2.75) is 86.6 Å². The minimum Gasteiger partial charge on any atom is -0.342 e. The predicted octanol–water partition coefficient (Wildman–Crippen LogP) is 4.83. The smallest absolute Gasteiger partial charge is 0.225 e. The molecule has 0 aromatic rings. The summed E-state index contributed by atoms with van der Waals surface area (Å²) in [5.74, 6) is 3.03. The molecule has 2 rings (SSSR count). The van der Waals surface area contributed by atoms with E-state index in [1.54, 1.807) is 0 Å². The lowest BCUT2D eigenvalue weighted by Gasteiger charge is -2.37. The van der Waals surface area contributed by atoms with E-state index in [4.69, 9.17) is 0 Å². The number of nitrogens with zero attached hydrogens (tertiary/aromatic N) is 2. The number of piperidine rings is 1. The number of hydrogen-bond acceptors (Lipinski definition) is 2. The molecule has 2 amide bonds. The van der Waals surface area contributed by atoms with Gasteiger partial charge in [0.1, 0.15) is 0 Å². The average molecular weight is 393 g/mol. The van der Waals surface area contributed by atoms with Gasteiger partial charge < -0.3 is 9.80 Å². The van der Waals surface area contributed by atoms with Gasteiger partial charge in [0.05, 0.1) is 0 Å². The number of hydrogen-bond donors (Lipinski definition) is 0. The molecular formula is C24H44N2O2. The van der Waals surface area contributed by atoms with Gasteiger partial charge in [0, 0.05) is 37.5 Å². The maximum atomic E-state index is 13.2. The predicted molar refractivity (Wildman–Crippen MR) is 116 cm³/mol. The third kappa shape index (κ3) is 5.73. The second-order valence-electron chi connectivity index (χ2n) is 10.5. The molecule has 2 fully saturated rings. The third-order valence-electron chi connectivity index (χ3n) is 6.97. The number of carbonyl (C=O) groups is 2. The van der Waals surface area contributed by atoms with Gasteiger partial charge in [0.25, 0.3) is 0 Å². The third-order valence-corrected chi connectivity index (χ3v) is 6.97. The van der Waals surface area contributed by atoms with Crippen LogP contribution in [0.15, 0.2) is 0 Å². The van der Waals surface area contributed by atoms with E-state index in [1.165, 1.54) is 6.42 Å². The highest BCUT2D eigenvalue weighted by atomic mass is 16.2. The van der Waals surface area contributed by atoms with Gasteiger partial charge >= 0.3 is 0 Å². The first-order valence-corrected chi connectivity index (χ1v) is 11.7. The second-order valence-corrected chi connectivity index (χ2v) is 10.5. The molecule has 0 spiro atoms. The Bertz CT molecular complexity index is 529. The molecule has 2 heterocycles. The molecule has 0 saturated carbocycles. The van der Waals surface area contributed by atoms with E-state index < -0.39 is 0 Å². The van der Waals surface area contributed by atoms with Crippen LogP contribution in [0.1, 0.15) is 80.6 Å². The van der Waals surface area contributed by atoms with Crippen molar-refractivity contribution in [1.29, 1.82) is 0 Å². The molecule has 2 saturated heterocycles. The van der Waals surface area contributed by atoms with Crippen molar-refractivity contribution in [3.8, 4) is 0 Å². The van der Waals surface area contributed by atoms with Crippen molar-refractivity contribution in [2.24, 2.45) is 35.5 Å². The van der Waals surface area contributed by atoms with E-state index in [9.17, 15) is 9.59 Å². The van der Waals surface area contributed by atoms with Crippen LogP contribution in [0.4, 0.5) is 0 Å². The summed E-state index contributed by atoms with van der Waals surface area (Å²) in [6, 6.07) is 0.301. The van der Waals surface area contributed by atoms with Crippen molar-refractivity contribution in [1.82, 2.24) is 9.80 Å². The largest absolute Gasteiger partial charge is 0.342 e. The van der Waals surface area contributed by atoms with Crippen LogP contribution < -0.4 is 0 Å². The Balaban J connectivity index is 2.01. The van der Waals surface area contributed by atoms with Gasteiger partial charge in [-0.1, -0.05) is 48.5 Å². The molecule has 4 atom stereocenters. The summed E-state index contributed by atoms with van der Waals surface area (Å²) in [6.07, 6.45) is 5.39. The van der Waals surface area contributed by atoms with E-state index in [0.29, 0.717) is 35.6 Å². The van der Waals surface area contributed by atoms with Gasteiger partial charge in [-0.15, -0.1) is 0 Å². The topological polar surface area (TPSA) is 40.6 Å². The fraction of sp³-hybridized carbons (Fsp3) is 0.917. The van der Waals surface area contributed by atoms with Gasteiger partial charge in [-0.05, 0) is 55.8 Å². The molecule has 2 aliphatic heterocycles. The Morgan fingerprint density at radius 2 is 1.57 bits per heavy atom. The summed E-state index contributed by atoms with van der Waals surface area (Å²) in [6.45, 7) is 17.8. The van der Waals surface area contributed by atoms with Crippen LogP contribution in [0.5, 0.6) is 0 Å². The highest BCUT2D eigenvalue weighted by molar-refractivity contribution is 5.79. The molecule has 3 unspecified atom stereocenters. The number of likely N-dealkylation sites (tertiary alicyclic amines) is 2. The zero-order chi connectivity index (χ0) is 21.0. The van der Waals surface area contributed by atoms with E-state index in [-0.39, 0.29) is 17.7 Å². The summed E-state index contributed by atoms with van der Waals surface area (Å²) in [5.41, 5.74) is 0.